The molecule has 0 radical (unpaired) electrons. The van der Waals surface area contributed by atoms with Gasteiger partial charge in [0.1, 0.15) is 0 Å². The Balaban J connectivity index is 2.01. The molecular weight excluding hydrogens is 228 g/mol. The second-order valence-corrected chi connectivity index (χ2v) is 6.11. The van der Waals surface area contributed by atoms with Crippen LogP contribution in [0.15, 0.2) is 0 Å². The molecule has 0 aromatic carbocycles. The van der Waals surface area contributed by atoms with E-state index in [-0.39, 0.29) is 17.5 Å². The highest BCUT2D eigenvalue weighted by atomic mass is 16.5. The summed E-state index contributed by atoms with van der Waals surface area (Å²) in [5.41, 5.74) is 6.07. The van der Waals surface area contributed by atoms with Gasteiger partial charge in [0.2, 0.25) is 5.91 Å². The van der Waals surface area contributed by atoms with Crippen molar-refractivity contribution >= 4 is 5.91 Å². The van der Waals surface area contributed by atoms with Crippen LogP contribution in [-0.4, -0.2) is 43.2 Å². The lowest BCUT2D eigenvalue weighted by molar-refractivity contribution is -0.142. The largest absolute Gasteiger partial charge is 0.385 e. The molecule has 2 N–H and O–H groups in total. The van der Waals surface area contributed by atoms with Gasteiger partial charge >= 0.3 is 0 Å². The first-order chi connectivity index (χ1) is 8.52. The van der Waals surface area contributed by atoms with E-state index in [1.807, 2.05) is 4.90 Å². The van der Waals surface area contributed by atoms with Gasteiger partial charge in [-0.3, -0.25) is 4.79 Å². The molecule has 2 rings (SSSR count). The second kappa shape index (κ2) is 5.17. The number of hydrogen-bond donors (Lipinski definition) is 1. The van der Waals surface area contributed by atoms with E-state index in [4.69, 9.17) is 10.5 Å². The van der Waals surface area contributed by atoms with E-state index in [1.54, 1.807) is 7.11 Å². The topological polar surface area (TPSA) is 55.6 Å². The molecule has 1 heterocycles. The Bertz CT molecular complexity index is 315. The third-order valence-corrected chi connectivity index (χ3v) is 4.88. The van der Waals surface area contributed by atoms with Crippen LogP contribution in [0.2, 0.25) is 0 Å². The predicted octanol–water partition coefficient (Wildman–Crippen LogP) is 1.39. The molecule has 1 aliphatic carbocycles. The van der Waals surface area contributed by atoms with Crippen molar-refractivity contribution in [3.8, 4) is 0 Å². The van der Waals surface area contributed by atoms with Gasteiger partial charge in [0.15, 0.2) is 0 Å². The molecule has 0 aromatic rings. The number of methoxy groups -OCH3 is 1. The van der Waals surface area contributed by atoms with Crippen LogP contribution in [-0.2, 0) is 9.53 Å². The summed E-state index contributed by atoms with van der Waals surface area (Å²) >= 11 is 0. The number of amides is 1. The molecule has 0 aromatic heterocycles. The fourth-order valence-corrected chi connectivity index (χ4v) is 3.03. The van der Waals surface area contributed by atoms with Crippen molar-refractivity contribution in [2.75, 3.05) is 20.3 Å². The van der Waals surface area contributed by atoms with Gasteiger partial charge in [0.05, 0.1) is 5.41 Å². The average Bonchev–Trinajstić information content (AvgIpc) is 3.14. The molecule has 0 bridgehead atoms. The van der Waals surface area contributed by atoms with Crippen LogP contribution in [0.1, 0.15) is 39.5 Å². The predicted molar refractivity (Wildman–Crippen MR) is 71.1 cm³/mol. The number of carbonyl (C=O) groups excluding carboxylic acids is 1. The van der Waals surface area contributed by atoms with Crippen molar-refractivity contribution in [1.82, 2.24) is 4.90 Å². The Morgan fingerprint density at radius 1 is 1.44 bits per heavy atom. The Labute approximate surface area is 110 Å². The van der Waals surface area contributed by atoms with Gasteiger partial charge in [-0.25, -0.2) is 0 Å². The van der Waals surface area contributed by atoms with Crippen LogP contribution in [0.5, 0.6) is 0 Å². The number of likely N-dealkylation sites (tertiary alicyclic amines) is 1. The molecule has 1 saturated carbocycles. The molecule has 1 aliphatic heterocycles. The Kier molecular flexibility index (Phi) is 3.97. The Hall–Kier alpha value is -0.610. The highest BCUT2D eigenvalue weighted by Gasteiger charge is 2.52. The SMILES string of the molecule is COCCC1(C(=O)N2CC[C@H](C)[C@H](N)[C@@H]2C)CC1. The van der Waals surface area contributed by atoms with Crippen LogP contribution in [0, 0.1) is 11.3 Å². The van der Waals surface area contributed by atoms with Gasteiger partial charge in [-0.1, -0.05) is 6.92 Å². The molecule has 104 valence electrons. The molecule has 3 atom stereocenters. The van der Waals surface area contributed by atoms with Crippen molar-refractivity contribution < 1.29 is 9.53 Å². The quantitative estimate of drug-likeness (QED) is 0.825. The zero-order chi connectivity index (χ0) is 13.3. The summed E-state index contributed by atoms with van der Waals surface area (Å²) in [7, 11) is 1.70. The standard InChI is InChI=1S/C14H26N2O2/c1-10-4-8-16(11(2)12(10)15)13(17)14(5-6-14)7-9-18-3/h10-12H,4-9,15H2,1-3H3/t10-,11-,12-/m0/s1. The minimum absolute atomic E-state index is 0.112. The lowest BCUT2D eigenvalue weighted by Crippen LogP contribution is -2.57. The van der Waals surface area contributed by atoms with Gasteiger partial charge in [-0.15, -0.1) is 0 Å². The number of nitrogens with zero attached hydrogens (tertiary/aromatic N) is 1. The first-order valence-corrected chi connectivity index (χ1v) is 7.07. The third kappa shape index (κ3) is 2.41. The highest BCUT2D eigenvalue weighted by Crippen LogP contribution is 2.51. The Morgan fingerprint density at radius 3 is 2.67 bits per heavy atom. The fourth-order valence-electron chi connectivity index (χ4n) is 3.03. The maximum absolute atomic E-state index is 12.7. The maximum Gasteiger partial charge on any atom is 0.229 e. The van der Waals surface area contributed by atoms with E-state index in [9.17, 15) is 4.79 Å². The summed E-state index contributed by atoms with van der Waals surface area (Å²) in [6, 6.07) is 0.280. The summed E-state index contributed by atoms with van der Waals surface area (Å²) in [5, 5.41) is 0. The molecular formula is C14H26N2O2. The molecule has 2 aliphatic rings. The summed E-state index contributed by atoms with van der Waals surface area (Å²) in [6.07, 6.45) is 3.92. The second-order valence-electron chi connectivity index (χ2n) is 6.11. The number of carbonyl (C=O) groups is 1. The number of ether oxygens (including phenoxy) is 1. The lowest BCUT2D eigenvalue weighted by Gasteiger charge is -2.42. The normalized spacial score (nSPS) is 34.4. The first kappa shape index (κ1) is 13.8. The van der Waals surface area contributed by atoms with E-state index in [1.165, 1.54) is 0 Å². The summed E-state index contributed by atoms with van der Waals surface area (Å²) in [5.74, 6) is 0.826. The third-order valence-electron chi connectivity index (χ3n) is 4.88. The summed E-state index contributed by atoms with van der Waals surface area (Å²) in [4.78, 5) is 14.7. The Morgan fingerprint density at radius 2 is 2.11 bits per heavy atom. The number of nitrogens with two attached hydrogens (primary N) is 1. The van der Waals surface area contributed by atoms with Crippen LogP contribution < -0.4 is 5.73 Å². The van der Waals surface area contributed by atoms with Crippen molar-refractivity contribution in [1.29, 1.82) is 0 Å². The zero-order valence-electron chi connectivity index (χ0n) is 11.8. The molecule has 18 heavy (non-hydrogen) atoms. The van der Waals surface area contributed by atoms with Crippen LogP contribution >= 0.6 is 0 Å². The van der Waals surface area contributed by atoms with Gasteiger partial charge in [-0.2, -0.15) is 0 Å². The molecule has 4 nitrogen and oxygen atoms in total. The molecule has 0 unspecified atom stereocenters. The highest BCUT2D eigenvalue weighted by molar-refractivity contribution is 5.85. The van der Waals surface area contributed by atoms with Crippen molar-refractivity contribution in [2.24, 2.45) is 17.1 Å². The fraction of sp³-hybridized carbons (Fsp3) is 0.929. The van der Waals surface area contributed by atoms with Gasteiger partial charge in [0, 0.05) is 32.3 Å². The molecule has 2 fully saturated rings. The molecule has 4 heteroatoms. The van der Waals surface area contributed by atoms with E-state index < -0.39 is 0 Å². The summed E-state index contributed by atoms with van der Waals surface area (Å²) in [6.45, 7) is 5.81. The lowest BCUT2D eigenvalue weighted by atomic mass is 9.86. The van der Waals surface area contributed by atoms with Crippen molar-refractivity contribution in [3.63, 3.8) is 0 Å². The first-order valence-electron chi connectivity index (χ1n) is 7.07. The minimum atomic E-state index is -0.120. The minimum Gasteiger partial charge on any atom is -0.385 e. The van der Waals surface area contributed by atoms with E-state index >= 15 is 0 Å². The monoisotopic (exact) mass is 254 g/mol. The molecule has 1 saturated heterocycles. The summed E-state index contributed by atoms with van der Waals surface area (Å²) < 4.78 is 5.12. The van der Waals surface area contributed by atoms with E-state index in [0.29, 0.717) is 18.4 Å². The van der Waals surface area contributed by atoms with Crippen LogP contribution in [0.3, 0.4) is 0 Å². The molecule has 0 spiro atoms. The van der Waals surface area contributed by atoms with Gasteiger partial charge in [0.25, 0.3) is 0 Å². The zero-order valence-corrected chi connectivity index (χ0v) is 11.8. The van der Waals surface area contributed by atoms with E-state index in [0.717, 1.165) is 32.2 Å². The van der Waals surface area contributed by atoms with Crippen molar-refractivity contribution in [2.45, 2.75) is 51.6 Å². The van der Waals surface area contributed by atoms with Crippen LogP contribution in [0.25, 0.3) is 0 Å². The number of hydrogen-bond acceptors (Lipinski definition) is 3. The maximum atomic E-state index is 12.7. The number of rotatable bonds is 4. The smallest absolute Gasteiger partial charge is 0.229 e. The number of piperidine rings is 1. The average molecular weight is 254 g/mol. The van der Waals surface area contributed by atoms with Gasteiger partial charge < -0.3 is 15.4 Å². The van der Waals surface area contributed by atoms with Crippen molar-refractivity contribution in [3.05, 3.63) is 0 Å². The molecule has 1 amide bonds. The van der Waals surface area contributed by atoms with Gasteiger partial charge in [-0.05, 0) is 38.5 Å². The van der Waals surface area contributed by atoms with Crippen LogP contribution in [0.4, 0.5) is 0 Å². The van der Waals surface area contributed by atoms with E-state index in [2.05, 4.69) is 13.8 Å².